The van der Waals surface area contributed by atoms with Gasteiger partial charge >= 0.3 is 0 Å². The van der Waals surface area contributed by atoms with Crippen LogP contribution in [0.5, 0.6) is 0 Å². The number of guanidine groups is 1. The third-order valence-electron chi connectivity index (χ3n) is 6.13. The number of carbonyl (C=O) groups is 2. The lowest BCUT2D eigenvalue weighted by molar-refractivity contribution is -0.140. The van der Waals surface area contributed by atoms with Crippen molar-refractivity contribution in [3.63, 3.8) is 0 Å². The molecule has 1 aromatic heterocycles. The molecule has 10 heteroatoms. The molecule has 0 radical (unpaired) electrons. The van der Waals surface area contributed by atoms with Gasteiger partial charge in [-0.2, -0.15) is 4.98 Å². The van der Waals surface area contributed by atoms with Crippen LogP contribution in [0.25, 0.3) is 0 Å². The van der Waals surface area contributed by atoms with Crippen molar-refractivity contribution in [2.45, 2.75) is 39.5 Å². The molecule has 2 heterocycles. The van der Waals surface area contributed by atoms with Crippen LogP contribution in [-0.2, 0) is 16.0 Å². The van der Waals surface area contributed by atoms with E-state index in [1.54, 1.807) is 0 Å². The Bertz CT molecular complexity index is 837. The number of allylic oxidation sites excluding steroid dienone is 2. The first kappa shape index (κ1) is 23.7. The van der Waals surface area contributed by atoms with E-state index >= 15 is 0 Å². The Hall–Kier alpha value is -1.98. The molecule has 2 aliphatic carbocycles. The first-order chi connectivity index (χ1) is 14.5. The summed E-state index contributed by atoms with van der Waals surface area (Å²) in [6.07, 6.45) is 5.73. The van der Waals surface area contributed by atoms with E-state index in [1.165, 1.54) is 4.90 Å². The quantitative estimate of drug-likeness (QED) is 0.169. The Morgan fingerprint density at radius 3 is 2.48 bits per heavy atom. The van der Waals surface area contributed by atoms with Gasteiger partial charge in [0.25, 0.3) is 0 Å². The number of nitrogens with one attached hydrogen (secondary N) is 2. The lowest BCUT2D eigenvalue weighted by Gasteiger charge is -2.18. The fourth-order valence-electron chi connectivity index (χ4n) is 4.68. The Kier molecular flexibility index (Phi) is 7.71. The molecule has 31 heavy (non-hydrogen) atoms. The van der Waals surface area contributed by atoms with Crippen molar-refractivity contribution in [2.75, 3.05) is 26.2 Å². The molecule has 0 aromatic carbocycles. The van der Waals surface area contributed by atoms with E-state index in [1.807, 2.05) is 20.8 Å². The van der Waals surface area contributed by atoms with E-state index in [-0.39, 0.29) is 65.4 Å². The second-order valence-electron chi connectivity index (χ2n) is 8.47. The molecule has 1 saturated carbocycles. The molecule has 1 saturated heterocycles. The number of imide groups is 1. The summed E-state index contributed by atoms with van der Waals surface area (Å²) in [5.74, 6) is 2.33. The molecule has 2 N–H and O–H groups in total. The van der Waals surface area contributed by atoms with Crippen LogP contribution < -0.4 is 10.6 Å². The van der Waals surface area contributed by atoms with Gasteiger partial charge in [-0.1, -0.05) is 31.2 Å². The molecule has 4 rings (SSSR count). The SMILES string of the molecule is CCNC(=NCCc1nc(C(C)C)no1)NCCN1C(=O)C2C3C=CC(C3)C2C1=O.I. The van der Waals surface area contributed by atoms with E-state index < -0.39 is 0 Å². The van der Waals surface area contributed by atoms with Gasteiger partial charge in [0.05, 0.1) is 18.4 Å². The second-order valence-corrected chi connectivity index (χ2v) is 8.47. The molecule has 1 aliphatic heterocycles. The number of aliphatic imine (C=N–C) groups is 1. The predicted molar refractivity (Wildman–Crippen MR) is 126 cm³/mol. The summed E-state index contributed by atoms with van der Waals surface area (Å²) in [5.41, 5.74) is 0. The van der Waals surface area contributed by atoms with Gasteiger partial charge in [-0.3, -0.25) is 19.5 Å². The molecular weight excluding hydrogens is 511 g/mol. The van der Waals surface area contributed by atoms with Gasteiger partial charge in [-0.25, -0.2) is 0 Å². The topological polar surface area (TPSA) is 113 Å². The zero-order valence-corrected chi connectivity index (χ0v) is 20.5. The molecule has 0 spiro atoms. The molecule has 4 unspecified atom stereocenters. The lowest BCUT2D eigenvalue weighted by atomic mass is 9.85. The van der Waals surface area contributed by atoms with E-state index in [2.05, 4.69) is 37.9 Å². The number of halogens is 1. The summed E-state index contributed by atoms with van der Waals surface area (Å²) in [4.78, 5) is 35.8. The fourth-order valence-corrected chi connectivity index (χ4v) is 4.68. The highest BCUT2D eigenvalue weighted by Crippen LogP contribution is 2.52. The number of nitrogens with zero attached hydrogens (tertiary/aromatic N) is 4. The molecule has 4 atom stereocenters. The summed E-state index contributed by atoms with van der Waals surface area (Å²) in [5, 5.41) is 10.3. The van der Waals surface area contributed by atoms with Crippen molar-refractivity contribution in [1.82, 2.24) is 25.7 Å². The Balaban J connectivity index is 0.00000272. The third kappa shape index (κ3) is 4.78. The minimum atomic E-state index is -0.139. The lowest BCUT2D eigenvalue weighted by Crippen LogP contribution is -2.43. The Labute approximate surface area is 199 Å². The van der Waals surface area contributed by atoms with Gasteiger partial charge in [0.15, 0.2) is 11.8 Å². The zero-order chi connectivity index (χ0) is 21.3. The molecule has 9 nitrogen and oxygen atoms in total. The van der Waals surface area contributed by atoms with E-state index in [4.69, 9.17) is 4.52 Å². The first-order valence-corrected chi connectivity index (χ1v) is 10.9. The van der Waals surface area contributed by atoms with Crippen LogP contribution in [0, 0.1) is 23.7 Å². The maximum absolute atomic E-state index is 12.7. The predicted octanol–water partition coefficient (Wildman–Crippen LogP) is 1.72. The molecule has 1 aromatic rings. The Morgan fingerprint density at radius 1 is 1.23 bits per heavy atom. The molecule has 2 bridgehead atoms. The normalized spacial score (nSPS) is 26.6. The number of fused-ring (bicyclic) bond motifs is 5. The van der Waals surface area contributed by atoms with Crippen molar-refractivity contribution < 1.29 is 14.1 Å². The first-order valence-electron chi connectivity index (χ1n) is 10.9. The summed E-state index contributed by atoms with van der Waals surface area (Å²) in [6.45, 7) is 8.05. The van der Waals surface area contributed by atoms with Crippen LogP contribution in [0.1, 0.15) is 44.8 Å². The van der Waals surface area contributed by atoms with Gasteiger partial charge in [0.1, 0.15) is 0 Å². The van der Waals surface area contributed by atoms with Crippen LogP contribution in [0.2, 0.25) is 0 Å². The highest BCUT2D eigenvalue weighted by molar-refractivity contribution is 14.0. The average Bonchev–Trinajstić information content (AvgIpc) is 3.48. The number of hydrogen-bond donors (Lipinski definition) is 2. The zero-order valence-electron chi connectivity index (χ0n) is 18.2. The third-order valence-corrected chi connectivity index (χ3v) is 6.13. The minimum Gasteiger partial charge on any atom is -0.357 e. The van der Waals surface area contributed by atoms with Crippen LogP contribution in [-0.4, -0.2) is 59.0 Å². The molecule has 2 amide bonds. The Morgan fingerprint density at radius 2 is 1.90 bits per heavy atom. The largest absolute Gasteiger partial charge is 0.357 e. The van der Waals surface area contributed by atoms with Gasteiger partial charge < -0.3 is 15.2 Å². The number of rotatable bonds is 8. The minimum absolute atomic E-state index is 0. The highest BCUT2D eigenvalue weighted by atomic mass is 127. The number of likely N-dealkylation sites (tertiary alicyclic amines) is 1. The summed E-state index contributed by atoms with van der Waals surface area (Å²) in [7, 11) is 0. The monoisotopic (exact) mass is 542 g/mol. The van der Waals surface area contributed by atoms with Crippen LogP contribution in [0.4, 0.5) is 0 Å². The summed E-state index contributed by atoms with van der Waals surface area (Å²) >= 11 is 0. The molecule has 3 aliphatic rings. The second kappa shape index (κ2) is 10.1. The van der Waals surface area contributed by atoms with Gasteiger partial charge in [-0.05, 0) is 25.2 Å². The van der Waals surface area contributed by atoms with Crippen LogP contribution in [0.15, 0.2) is 21.7 Å². The highest BCUT2D eigenvalue weighted by Gasteiger charge is 2.58. The average molecular weight is 542 g/mol. The molecular formula is C21H31IN6O3. The number of hydrogen-bond acceptors (Lipinski definition) is 6. The smallest absolute Gasteiger partial charge is 0.233 e. The number of aromatic nitrogens is 2. The van der Waals surface area contributed by atoms with E-state index in [0.717, 1.165) is 6.42 Å². The van der Waals surface area contributed by atoms with Gasteiger partial charge in [0, 0.05) is 32.0 Å². The van der Waals surface area contributed by atoms with Crippen molar-refractivity contribution in [3.8, 4) is 0 Å². The van der Waals surface area contributed by atoms with Crippen molar-refractivity contribution in [1.29, 1.82) is 0 Å². The van der Waals surface area contributed by atoms with Crippen molar-refractivity contribution >= 4 is 41.8 Å². The van der Waals surface area contributed by atoms with Crippen LogP contribution >= 0.6 is 24.0 Å². The van der Waals surface area contributed by atoms with Crippen LogP contribution in [0.3, 0.4) is 0 Å². The summed E-state index contributed by atoms with van der Waals surface area (Å²) in [6, 6.07) is 0. The standard InChI is InChI=1S/C21H30N6O3.HI/c1-4-22-21(23-8-7-15-25-18(12(2)3)26-30-15)24-9-10-27-19(28)16-13-5-6-14(11-13)17(16)20(27)29;/h5-6,12-14,16-17H,4,7-11H2,1-3H3,(H2,22,23,24);1H. The maximum Gasteiger partial charge on any atom is 0.233 e. The van der Waals surface area contributed by atoms with Gasteiger partial charge in [0.2, 0.25) is 17.7 Å². The van der Waals surface area contributed by atoms with Gasteiger partial charge in [-0.15, -0.1) is 24.0 Å². The summed E-state index contributed by atoms with van der Waals surface area (Å²) < 4.78 is 5.24. The van der Waals surface area contributed by atoms with E-state index in [0.29, 0.717) is 50.3 Å². The van der Waals surface area contributed by atoms with Crippen molar-refractivity contribution in [2.24, 2.45) is 28.7 Å². The van der Waals surface area contributed by atoms with Crippen molar-refractivity contribution in [3.05, 3.63) is 23.9 Å². The fraction of sp³-hybridized carbons (Fsp3) is 0.667. The number of carbonyl (C=O) groups excluding carboxylic acids is 2. The van der Waals surface area contributed by atoms with E-state index in [9.17, 15) is 9.59 Å². The molecule has 2 fully saturated rings. The number of amides is 2. The molecule has 170 valence electrons. The maximum atomic E-state index is 12.7.